The molecule has 5 nitrogen and oxygen atoms in total. The third-order valence-electron chi connectivity index (χ3n) is 2.60. The fourth-order valence-corrected chi connectivity index (χ4v) is 1.81. The van der Waals surface area contributed by atoms with Gasteiger partial charge in [-0.25, -0.2) is 4.98 Å². The first-order valence-electron chi connectivity index (χ1n) is 5.09. The van der Waals surface area contributed by atoms with E-state index in [1.165, 1.54) is 0 Å². The summed E-state index contributed by atoms with van der Waals surface area (Å²) in [5.74, 6) is 0.452. The van der Waals surface area contributed by atoms with Crippen LogP contribution in [-0.2, 0) is 16.0 Å². The van der Waals surface area contributed by atoms with E-state index in [0.717, 1.165) is 31.9 Å². The Morgan fingerprint density at radius 3 is 3.00 bits per heavy atom. The van der Waals surface area contributed by atoms with Crippen molar-refractivity contribution in [3.8, 4) is 0 Å². The van der Waals surface area contributed by atoms with Crippen molar-refractivity contribution in [1.82, 2.24) is 9.97 Å². The van der Waals surface area contributed by atoms with Crippen LogP contribution in [0.4, 0.5) is 0 Å². The number of carboxylic acid groups (broad SMARTS) is 1. The van der Waals surface area contributed by atoms with Crippen molar-refractivity contribution in [3.05, 3.63) is 17.7 Å². The number of imidazole rings is 1. The molecule has 1 aromatic heterocycles. The second-order valence-corrected chi connectivity index (χ2v) is 3.75. The SMILES string of the molecule is O=C(O)Cc1cnc(C2CCOCC2)[nH]1. The highest BCUT2D eigenvalue weighted by molar-refractivity contribution is 5.69. The van der Waals surface area contributed by atoms with E-state index in [1.54, 1.807) is 6.20 Å². The largest absolute Gasteiger partial charge is 0.481 e. The van der Waals surface area contributed by atoms with E-state index in [-0.39, 0.29) is 6.42 Å². The molecule has 2 heterocycles. The van der Waals surface area contributed by atoms with Crippen molar-refractivity contribution < 1.29 is 14.6 Å². The normalized spacial score (nSPS) is 17.9. The van der Waals surface area contributed by atoms with Crippen LogP contribution in [0.5, 0.6) is 0 Å². The van der Waals surface area contributed by atoms with Crippen molar-refractivity contribution in [2.24, 2.45) is 0 Å². The zero-order valence-corrected chi connectivity index (χ0v) is 8.40. The summed E-state index contributed by atoms with van der Waals surface area (Å²) in [7, 11) is 0. The number of hydrogen-bond donors (Lipinski definition) is 2. The maximum absolute atomic E-state index is 10.5. The molecule has 2 rings (SSSR count). The molecule has 1 aromatic rings. The van der Waals surface area contributed by atoms with Gasteiger partial charge in [-0.05, 0) is 12.8 Å². The Morgan fingerprint density at radius 1 is 1.60 bits per heavy atom. The second-order valence-electron chi connectivity index (χ2n) is 3.75. The van der Waals surface area contributed by atoms with Crippen LogP contribution in [0.15, 0.2) is 6.20 Å². The van der Waals surface area contributed by atoms with Crippen molar-refractivity contribution in [2.75, 3.05) is 13.2 Å². The summed E-state index contributed by atoms with van der Waals surface area (Å²) in [6, 6.07) is 0. The number of carbonyl (C=O) groups is 1. The minimum atomic E-state index is -0.836. The van der Waals surface area contributed by atoms with Gasteiger partial charge in [0.2, 0.25) is 0 Å². The highest BCUT2D eigenvalue weighted by Crippen LogP contribution is 2.24. The fraction of sp³-hybridized carbons (Fsp3) is 0.600. The quantitative estimate of drug-likeness (QED) is 0.778. The minimum Gasteiger partial charge on any atom is -0.481 e. The molecule has 0 radical (unpaired) electrons. The van der Waals surface area contributed by atoms with Crippen molar-refractivity contribution >= 4 is 5.97 Å². The Bertz CT molecular complexity index is 342. The molecule has 1 fully saturated rings. The first-order valence-corrected chi connectivity index (χ1v) is 5.09. The molecule has 0 atom stereocenters. The maximum atomic E-state index is 10.5. The van der Waals surface area contributed by atoms with Gasteiger partial charge < -0.3 is 14.8 Å². The number of H-pyrrole nitrogens is 1. The number of nitrogens with zero attached hydrogens (tertiary/aromatic N) is 1. The number of carboxylic acids is 1. The van der Waals surface area contributed by atoms with Gasteiger partial charge in [0.25, 0.3) is 0 Å². The van der Waals surface area contributed by atoms with Crippen molar-refractivity contribution in [2.45, 2.75) is 25.2 Å². The number of aliphatic carboxylic acids is 1. The van der Waals surface area contributed by atoms with Gasteiger partial charge in [0, 0.05) is 31.0 Å². The zero-order valence-electron chi connectivity index (χ0n) is 8.40. The van der Waals surface area contributed by atoms with Gasteiger partial charge in [-0.2, -0.15) is 0 Å². The fourth-order valence-electron chi connectivity index (χ4n) is 1.81. The van der Waals surface area contributed by atoms with Gasteiger partial charge in [0.05, 0.1) is 6.42 Å². The molecular weight excluding hydrogens is 196 g/mol. The Morgan fingerprint density at radius 2 is 2.33 bits per heavy atom. The number of aromatic amines is 1. The second kappa shape index (κ2) is 4.44. The lowest BCUT2D eigenvalue weighted by molar-refractivity contribution is -0.136. The van der Waals surface area contributed by atoms with E-state index in [9.17, 15) is 4.79 Å². The first kappa shape index (κ1) is 10.2. The standard InChI is InChI=1S/C10H14N2O3/c13-9(14)5-8-6-11-10(12-8)7-1-3-15-4-2-7/h6-7H,1-5H2,(H,11,12)(H,13,14). The Kier molecular flexibility index (Phi) is 3.01. The summed E-state index contributed by atoms with van der Waals surface area (Å²) in [4.78, 5) is 17.8. The number of nitrogens with one attached hydrogen (secondary N) is 1. The van der Waals surface area contributed by atoms with Crippen LogP contribution >= 0.6 is 0 Å². The molecule has 15 heavy (non-hydrogen) atoms. The molecule has 1 aliphatic rings. The van der Waals surface area contributed by atoms with Crippen LogP contribution in [0.3, 0.4) is 0 Å². The van der Waals surface area contributed by atoms with Crippen LogP contribution in [0.25, 0.3) is 0 Å². The van der Waals surface area contributed by atoms with Crippen molar-refractivity contribution in [1.29, 1.82) is 0 Å². The molecule has 0 aliphatic carbocycles. The van der Waals surface area contributed by atoms with E-state index in [4.69, 9.17) is 9.84 Å². The topological polar surface area (TPSA) is 75.2 Å². The predicted octanol–water partition coefficient (Wildman–Crippen LogP) is 0.931. The molecule has 82 valence electrons. The highest BCUT2D eigenvalue weighted by atomic mass is 16.5. The van der Waals surface area contributed by atoms with E-state index >= 15 is 0 Å². The van der Waals surface area contributed by atoms with E-state index in [1.807, 2.05) is 0 Å². The molecule has 0 spiro atoms. The Balaban J connectivity index is 2.02. The molecule has 1 saturated heterocycles. The number of rotatable bonds is 3. The lowest BCUT2D eigenvalue weighted by atomic mass is 10.00. The van der Waals surface area contributed by atoms with Gasteiger partial charge in [0.1, 0.15) is 5.82 Å². The van der Waals surface area contributed by atoms with Gasteiger partial charge in [-0.3, -0.25) is 4.79 Å². The zero-order chi connectivity index (χ0) is 10.7. The Labute approximate surface area is 87.5 Å². The third kappa shape index (κ3) is 2.56. The summed E-state index contributed by atoms with van der Waals surface area (Å²) in [6.45, 7) is 1.53. The Hall–Kier alpha value is -1.36. The van der Waals surface area contributed by atoms with Gasteiger partial charge in [-0.15, -0.1) is 0 Å². The molecule has 0 aromatic carbocycles. The third-order valence-corrected chi connectivity index (χ3v) is 2.60. The summed E-state index contributed by atoms with van der Waals surface area (Å²) in [6.07, 6.45) is 3.54. The molecule has 0 bridgehead atoms. The van der Waals surface area contributed by atoms with Crippen LogP contribution in [0.2, 0.25) is 0 Å². The van der Waals surface area contributed by atoms with Gasteiger partial charge in [0.15, 0.2) is 0 Å². The van der Waals surface area contributed by atoms with Crippen LogP contribution in [0, 0.1) is 0 Å². The monoisotopic (exact) mass is 210 g/mol. The first-order chi connectivity index (χ1) is 7.25. The molecular formula is C10H14N2O3. The molecule has 5 heteroatoms. The minimum absolute atomic E-state index is 0.0101. The number of hydrogen-bond acceptors (Lipinski definition) is 3. The van der Waals surface area contributed by atoms with E-state index in [0.29, 0.717) is 11.6 Å². The predicted molar refractivity (Wildman–Crippen MR) is 52.7 cm³/mol. The average molecular weight is 210 g/mol. The summed E-state index contributed by atoms with van der Waals surface area (Å²) >= 11 is 0. The van der Waals surface area contributed by atoms with Crippen LogP contribution < -0.4 is 0 Å². The van der Waals surface area contributed by atoms with Gasteiger partial charge in [-0.1, -0.05) is 0 Å². The maximum Gasteiger partial charge on any atom is 0.309 e. The van der Waals surface area contributed by atoms with Crippen LogP contribution in [0.1, 0.15) is 30.3 Å². The molecule has 0 amide bonds. The summed E-state index contributed by atoms with van der Waals surface area (Å²) in [5.41, 5.74) is 0.670. The molecule has 0 unspecified atom stereocenters. The smallest absolute Gasteiger partial charge is 0.309 e. The number of aromatic nitrogens is 2. The van der Waals surface area contributed by atoms with Crippen molar-refractivity contribution in [3.63, 3.8) is 0 Å². The lowest BCUT2D eigenvalue weighted by Crippen LogP contribution is -2.15. The lowest BCUT2D eigenvalue weighted by Gasteiger charge is -2.19. The van der Waals surface area contributed by atoms with Gasteiger partial charge >= 0.3 is 5.97 Å². The summed E-state index contributed by atoms with van der Waals surface area (Å²) in [5, 5.41) is 8.62. The average Bonchev–Trinajstić information content (AvgIpc) is 2.67. The number of ether oxygens (including phenoxy) is 1. The summed E-state index contributed by atoms with van der Waals surface area (Å²) < 4.78 is 5.26. The molecule has 2 N–H and O–H groups in total. The highest BCUT2D eigenvalue weighted by Gasteiger charge is 2.18. The van der Waals surface area contributed by atoms with E-state index in [2.05, 4.69) is 9.97 Å². The van der Waals surface area contributed by atoms with Crippen LogP contribution in [-0.4, -0.2) is 34.3 Å². The van der Waals surface area contributed by atoms with E-state index < -0.39 is 5.97 Å². The molecule has 1 aliphatic heterocycles. The molecule has 0 saturated carbocycles.